The second-order valence-corrected chi connectivity index (χ2v) is 6.05. The number of ether oxygens (including phenoxy) is 1. The summed E-state index contributed by atoms with van der Waals surface area (Å²) in [6.45, 7) is 3.03. The zero-order valence-electron chi connectivity index (χ0n) is 11.8. The summed E-state index contributed by atoms with van der Waals surface area (Å²) in [6.07, 6.45) is 2.56. The van der Waals surface area contributed by atoms with Crippen molar-refractivity contribution in [1.82, 2.24) is 19.7 Å². The van der Waals surface area contributed by atoms with Gasteiger partial charge in [-0.25, -0.2) is 4.98 Å². The van der Waals surface area contributed by atoms with Crippen molar-refractivity contribution >= 4 is 17.7 Å². The number of aryl methyl sites for hydroxylation is 2. The number of amides is 1. The summed E-state index contributed by atoms with van der Waals surface area (Å²) >= 11 is 1.33. The molecular weight excluding hydrogens is 292 g/mol. The van der Waals surface area contributed by atoms with Gasteiger partial charge in [0, 0.05) is 7.05 Å². The smallest absolute Gasteiger partial charge is 0.274 e. The number of aromatic nitrogens is 3. The predicted octanol–water partition coefficient (Wildman–Crippen LogP) is 0.564. The first-order valence-electron chi connectivity index (χ1n) is 6.58. The lowest BCUT2D eigenvalue weighted by molar-refractivity contribution is -0.126. The van der Waals surface area contributed by atoms with Crippen molar-refractivity contribution in [2.24, 2.45) is 7.05 Å². The van der Waals surface area contributed by atoms with Crippen LogP contribution in [0.2, 0.25) is 0 Å². The van der Waals surface area contributed by atoms with Gasteiger partial charge in [-0.05, 0) is 12.5 Å². The van der Waals surface area contributed by atoms with Crippen LogP contribution in [-0.2, 0) is 18.4 Å². The molecule has 1 fully saturated rings. The van der Waals surface area contributed by atoms with E-state index in [9.17, 15) is 9.90 Å². The molecule has 112 valence electrons. The van der Waals surface area contributed by atoms with Crippen LogP contribution in [0.15, 0.2) is 6.20 Å². The number of carbonyl (C=O) groups excluding carboxylic acids is 1. The molecule has 0 bridgehead atoms. The first kappa shape index (κ1) is 14.0. The number of rotatable bonds is 5. The molecule has 0 unspecified atom stereocenters. The van der Waals surface area contributed by atoms with Gasteiger partial charge in [-0.15, -0.1) is 0 Å². The Kier molecular flexibility index (Phi) is 3.64. The third-order valence-corrected chi connectivity index (χ3v) is 4.39. The van der Waals surface area contributed by atoms with E-state index < -0.39 is 0 Å². The van der Waals surface area contributed by atoms with Gasteiger partial charge in [0.1, 0.15) is 11.8 Å². The molecule has 0 spiro atoms. The average molecular weight is 308 g/mol. The Bertz CT molecular complexity index is 641. The molecule has 3 heterocycles. The van der Waals surface area contributed by atoms with E-state index in [1.54, 1.807) is 15.8 Å². The molecule has 0 radical (unpaired) electrons. The van der Waals surface area contributed by atoms with Crippen LogP contribution in [-0.4, -0.2) is 50.4 Å². The molecule has 0 atom stereocenters. The zero-order chi connectivity index (χ0) is 15.0. The van der Waals surface area contributed by atoms with Gasteiger partial charge in [0.15, 0.2) is 0 Å². The Labute approximate surface area is 125 Å². The number of hydrogen-bond donors (Lipinski definition) is 1. The highest BCUT2D eigenvalue weighted by molar-refractivity contribution is 7.13. The molecule has 1 N–H and O–H groups in total. The van der Waals surface area contributed by atoms with Crippen LogP contribution in [0.1, 0.15) is 10.4 Å². The standard InChI is InChI=1S/C13H16N4O3S/c1-8-3-14-16(2)12(8)11-10(6-18)21-13(15-11)20-9-4-17(5-9)7-19/h3,7,9,18H,4-6H2,1-2H3. The van der Waals surface area contributed by atoms with Gasteiger partial charge in [-0.1, -0.05) is 11.3 Å². The van der Waals surface area contributed by atoms with Crippen LogP contribution in [0.4, 0.5) is 0 Å². The Morgan fingerprint density at radius 1 is 1.57 bits per heavy atom. The fraction of sp³-hybridized carbons (Fsp3) is 0.462. The van der Waals surface area contributed by atoms with Gasteiger partial charge in [-0.2, -0.15) is 5.10 Å². The molecule has 1 amide bonds. The fourth-order valence-electron chi connectivity index (χ4n) is 2.33. The minimum Gasteiger partial charge on any atom is -0.463 e. The van der Waals surface area contributed by atoms with Crippen molar-refractivity contribution in [3.63, 3.8) is 0 Å². The summed E-state index contributed by atoms with van der Waals surface area (Å²) in [7, 11) is 1.84. The highest BCUT2D eigenvalue weighted by Crippen LogP contribution is 2.34. The van der Waals surface area contributed by atoms with Crippen molar-refractivity contribution in [1.29, 1.82) is 0 Å². The van der Waals surface area contributed by atoms with Crippen LogP contribution < -0.4 is 4.74 Å². The van der Waals surface area contributed by atoms with Crippen molar-refractivity contribution in [2.75, 3.05) is 13.1 Å². The molecule has 2 aromatic heterocycles. The summed E-state index contributed by atoms with van der Waals surface area (Å²) in [5.41, 5.74) is 2.59. The van der Waals surface area contributed by atoms with Gasteiger partial charge in [0.2, 0.25) is 6.41 Å². The first-order chi connectivity index (χ1) is 10.1. The van der Waals surface area contributed by atoms with Crippen molar-refractivity contribution in [3.05, 3.63) is 16.6 Å². The molecule has 8 heteroatoms. The third-order valence-electron chi connectivity index (χ3n) is 3.46. The van der Waals surface area contributed by atoms with E-state index in [1.165, 1.54) is 11.3 Å². The normalized spacial score (nSPS) is 15.1. The Balaban J connectivity index is 1.84. The molecule has 0 aliphatic carbocycles. The minimum absolute atomic E-state index is 0.0200. The largest absolute Gasteiger partial charge is 0.463 e. The SMILES string of the molecule is Cc1cnn(C)c1-c1nc(OC2CN(C=O)C2)sc1CO. The number of thiazole rings is 1. The summed E-state index contributed by atoms with van der Waals surface area (Å²) in [4.78, 5) is 17.4. The Morgan fingerprint density at radius 3 is 2.90 bits per heavy atom. The Hall–Kier alpha value is -1.93. The zero-order valence-corrected chi connectivity index (χ0v) is 12.6. The van der Waals surface area contributed by atoms with Crippen LogP contribution in [0.5, 0.6) is 5.19 Å². The van der Waals surface area contributed by atoms with E-state index in [4.69, 9.17) is 4.74 Å². The van der Waals surface area contributed by atoms with Crippen LogP contribution in [0.25, 0.3) is 11.4 Å². The minimum atomic E-state index is -0.0912. The maximum atomic E-state index is 10.5. The molecule has 3 rings (SSSR count). The highest BCUT2D eigenvalue weighted by Gasteiger charge is 2.29. The van der Waals surface area contributed by atoms with E-state index in [2.05, 4.69) is 10.1 Å². The lowest BCUT2D eigenvalue weighted by atomic mass is 10.2. The van der Waals surface area contributed by atoms with E-state index in [1.807, 2.05) is 14.0 Å². The number of carbonyl (C=O) groups is 1. The van der Waals surface area contributed by atoms with Crippen LogP contribution in [0, 0.1) is 6.92 Å². The summed E-state index contributed by atoms with van der Waals surface area (Å²) in [5.74, 6) is 0. The molecule has 1 aliphatic heterocycles. The maximum absolute atomic E-state index is 10.5. The van der Waals surface area contributed by atoms with E-state index in [0.29, 0.717) is 24.0 Å². The molecule has 2 aromatic rings. The number of hydrogen-bond acceptors (Lipinski definition) is 6. The van der Waals surface area contributed by atoms with Crippen LogP contribution >= 0.6 is 11.3 Å². The van der Waals surface area contributed by atoms with Gasteiger partial charge in [0.05, 0.1) is 36.5 Å². The van der Waals surface area contributed by atoms with Crippen molar-refractivity contribution in [2.45, 2.75) is 19.6 Å². The highest BCUT2D eigenvalue weighted by atomic mass is 32.1. The van der Waals surface area contributed by atoms with Crippen molar-refractivity contribution < 1.29 is 14.6 Å². The summed E-state index contributed by atoms with van der Waals surface area (Å²) in [5, 5.41) is 14.2. The van der Waals surface area contributed by atoms with Gasteiger partial charge >= 0.3 is 0 Å². The lowest BCUT2D eigenvalue weighted by Crippen LogP contribution is -2.52. The Morgan fingerprint density at radius 2 is 2.33 bits per heavy atom. The van der Waals surface area contributed by atoms with Gasteiger partial charge < -0.3 is 14.7 Å². The van der Waals surface area contributed by atoms with Gasteiger partial charge in [-0.3, -0.25) is 9.48 Å². The monoisotopic (exact) mass is 308 g/mol. The lowest BCUT2D eigenvalue weighted by Gasteiger charge is -2.35. The molecule has 21 heavy (non-hydrogen) atoms. The molecule has 0 aromatic carbocycles. The van der Waals surface area contributed by atoms with E-state index in [0.717, 1.165) is 22.5 Å². The summed E-state index contributed by atoms with van der Waals surface area (Å²) < 4.78 is 7.49. The quantitative estimate of drug-likeness (QED) is 0.817. The molecule has 1 saturated heterocycles. The second-order valence-electron chi connectivity index (χ2n) is 5.01. The van der Waals surface area contributed by atoms with E-state index >= 15 is 0 Å². The van der Waals surface area contributed by atoms with Gasteiger partial charge in [0.25, 0.3) is 5.19 Å². The maximum Gasteiger partial charge on any atom is 0.274 e. The number of aliphatic hydroxyl groups excluding tert-OH is 1. The molecule has 0 saturated carbocycles. The van der Waals surface area contributed by atoms with Crippen molar-refractivity contribution in [3.8, 4) is 16.6 Å². The van der Waals surface area contributed by atoms with E-state index in [-0.39, 0.29) is 12.7 Å². The number of aliphatic hydroxyl groups is 1. The predicted molar refractivity (Wildman–Crippen MR) is 77.0 cm³/mol. The van der Waals surface area contributed by atoms with Crippen LogP contribution in [0.3, 0.4) is 0 Å². The fourth-order valence-corrected chi connectivity index (χ4v) is 3.17. The molecule has 7 nitrogen and oxygen atoms in total. The summed E-state index contributed by atoms with van der Waals surface area (Å²) in [6, 6.07) is 0. The molecule has 1 aliphatic rings. The topological polar surface area (TPSA) is 80.5 Å². The number of nitrogens with zero attached hydrogens (tertiary/aromatic N) is 4. The molecular formula is C13H16N4O3S. The average Bonchev–Trinajstić information content (AvgIpc) is 2.96. The number of likely N-dealkylation sites (tertiary alicyclic amines) is 1. The second kappa shape index (κ2) is 5.45. The first-order valence-corrected chi connectivity index (χ1v) is 7.39. The third kappa shape index (κ3) is 2.52.